The number of nitrogens with zero attached hydrogens (tertiary/aromatic N) is 3. The molecular weight excluding hydrogens is 537 g/mol. The van der Waals surface area contributed by atoms with Gasteiger partial charge in [0.25, 0.3) is 5.56 Å². The van der Waals surface area contributed by atoms with Crippen molar-refractivity contribution < 1.29 is 17.9 Å². The van der Waals surface area contributed by atoms with Crippen molar-refractivity contribution in [1.29, 1.82) is 0 Å². The van der Waals surface area contributed by atoms with Gasteiger partial charge in [-0.15, -0.1) is 0 Å². The summed E-state index contributed by atoms with van der Waals surface area (Å²) in [6.45, 7) is 5.64. The Balaban J connectivity index is 1.89. The number of aliphatic hydroxyl groups is 1. The van der Waals surface area contributed by atoms with E-state index in [-0.39, 0.29) is 40.4 Å². The van der Waals surface area contributed by atoms with Crippen LogP contribution in [0.25, 0.3) is 17.1 Å². The monoisotopic (exact) mass is 569 g/mol. The van der Waals surface area contributed by atoms with Crippen LogP contribution in [-0.2, 0) is 16.4 Å². The lowest BCUT2D eigenvalue weighted by atomic mass is 10.1. The molecule has 5 rings (SSSR count). The summed E-state index contributed by atoms with van der Waals surface area (Å²) in [6, 6.07) is 10.7. The Morgan fingerprint density at radius 2 is 1.82 bits per heavy atom. The quantitative estimate of drug-likeness (QED) is 0.375. The van der Waals surface area contributed by atoms with E-state index in [1.807, 2.05) is 6.92 Å². The maximum Gasteiger partial charge on any atom is 0.336 e. The number of nitrogens with one attached hydrogen (secondary N) is 2. The molecule has 1 aliphatic heterocycles. The van der Waals surface area contributed by atoms with Gasteiger partial charge >= 0.3 is 5.69 Å². The van der Waals surface area contributed by atoms with Crippen LogP contribution >= 0.6 is 0 Å². The molecule has 12 heteroatoms. The van der Waals surface area contributed by atoms with E-state index in [1.54, 1.807) is 49.1 Å². The van der Waals surface area contributed by atoms with Gasteiger partial charge in [-0.3, -0.25) is 18.7 Å². The summed E-state index contributed by atoms with van der Waals surface area (Å²) in [4.78, 5) is 29.5. The molecule has 0 amide bonds. The van der Waals surface area contributed by atoms with Crippen LogP contribution in [0, 0.1) is 5.82 Å². The molecule has 40 heavy (non-hydrogen) atoms. The number of aliphatic hydroxyl groups excluding tert-OH is 1. The third-order valence-corrected chi connectivity index (χ3v) is 7.83. The molecule has 0 bridgehead atoms. The van der Waals surface area contributed by atoms with Crippen LogP contribution in [0.15, 0.2) is 52.1 Å². The van der Waals surface area contributed by atoms with Gasteiger partial charge in [-0.05, 0) is 69.0 Å². The molecule has 10 nitrogen and oxygen atoms in total. The van der Waals surface area contributed by atoms with Crippen LogP contribution in [0.2, 0.25) is 0 Å². The number of sulfonamides is 1. The first-order valence-corrected chi connectivity index (χ1v) is 15.0. The van der Waals surface area contributed by atoms with Crippen LogP contribution in [0.5, 0.6) is 0 Å². The molecule has 2 aliphatic rings. The second kappa shape index (κ2) is 10.3. The summed E-state index contributed by atoms with van der Waals surface area (Å²) in [6.07, 6.45) is 1.76. The first-order valence-electron chi connectivity index (χ1n) is 13.2. The van der Waals surface area contributed by atoms with Gasteiger partial charge in [0.15, 0.2) is 6.23 Å². The van der Waals surface area contributed by atoms with Gasteiger partial charge < -0.3 is 15.3 Å². The Bertz CT molecular complexity index is 1860. The number of aryl methyl sites for hydroxylation is 1. The van der Waals surface area contributed by atoms with Crippen molar-refractivity contribution in [2.45, 2.75) is 52.3 Å². The van der Waals surface area contributed by atoms with Crippen LogP contribution in [0.4, 0.5) is 15.8 Å². The fraction of sp³-hybridized carbons (Fsp3) is 0.357. The third kappa shape index (κ3) is 4.92. The molecule has 1 aromatic heterocycles. The van der Waals surface area contributed by atoms with E-state index in [1.165, 1.54) is 21.3 Å². The molecule has 2 aromatic carbocycles. The van der Waals surface area contributed by atoms with Crippen molar-refractivity contribution in [3.63, 3.8) is 0 Å². The lowest BCUT2D eigenvalue weighted by Crippen LogP contribution is -2.64. The smallest absolute Gasteiger partial charge is 0.336 e. The van der Waals surface area contributed by atoms with Gasteiger partial charge in [0.1, 0.15) is 16.9 Å². The van der Waals surface area contributed by atoms with Crippen LogP contribution in [0.3, 0.4) is 0 Å². The lowest BCUT2D eigenvalue weighted by Gasteiger charge is -2.35. The molecule has 1 aliphatic carbocycles. The fourth-order valence-electron chi connectivity index (χ4n) is 5.12. The Hall–Kier alpha value is -3.90. The predicted molar refractivity (Wildman–Crippen MR) is 153 cm³/mol. The fourth-order valence-corrected chi connectivity index (χ4v) is 5.68. The van der Waals surface area contributed by atoms with Crippen molar-refractivity contribution in [3.05, 3.63) is 85.3 Å². The number of benzene rings is 2. The highest BCUT2D eigenvalue weighted by molar-refractivity contribution is 7.92. The zero-order chi connectivity index (χ0) is 28.9. The van der Waals surface area contributed by atoms with E-state index in [0.717, 1.165) is 11.8 Å². The molecule has 1 atom stereocenters. The zero-order valence-electron chi connectivity index (χ0n) is 22.7. The molecule has 0 saturated heterocycles. The highest BCUT2D eigenvalue weighted by Crippen LogP contribution is 2.32. The van der Waals surface area contributed by atoms with E-state index in [0.29, 0.717) is 30.5 Å². The molecule has 0 spiro atoms. The SMILES string of the molecule is CCc1ccc(NC2=c3c(n(-c4cccc(NS(C)(=O)=O)c4)c(=O)n(C4CC4)c3=O)=C(C)C(O)N2CC)c(F)c1. The summed E-state index contributed by atoms with van der Waals surface area (Å²) in [5, 5.41) is 14.7. The Labute approximate surface area is 230 Å². The predicted octanol–water partition coefficient (Wildman–Crippen LogP) is 1.41. The molecular formula is C28H32FN5O5S. The van der Waals surface area contributed by atoms with Gasteiger partial charge in [-0.25, -0.2) is 17.6 Å². The molecule has 0 radical (unpaired) electrons. The molecule has 2 heterocycles. The van der Waals surface area contributed by atoms with Gasteiger partial charge in [0, 0.05) is 18.2 Å². The standard InChI is InChI=1S/C28H32FN5O5S/c1-5-17-10-13-22(21(29)14-17)30-25-23-24(16(3)26(35)32(25)6-2)33(28(37)34(27(23)36)19-11-12-19)20-9-7-8-18(15-20)31-40(4,38)39/h7-10,13-15,19,26,30-31,35H,5-6,11-12H2,1-4H3. The van der Waals surface area contributed by atoms with Gasteiger partial charge in [-0.1, -0.05) is 19.1 Å². The number of hydrogen-bond acceptors (Lipinski definition) is 7. The molecule has 212 valence electrons. The minimum absolute atomic E-state index is 0.122. The highest BCUT2D eigenvalue weighted by atomic mass is 32.2. The topological polar surface area (TPSA) is 126 Å². The molecule has 1 saturated carbocycles. The van der Waals surface area contributed by atoms with Crippen LogP contribution < -0.4 is 31.9 Å². The van der Waals surface area contributed by atoms with E-state index in [2.05, 4.69) is 10.0 Å². The highest BCUT2D eigenvalue weighted by Gasteiger charge is 2.34. The summed E-state index contributed by atoms with van der Waals surface area (Å²) in [7, 11) is -3.60. The Kier molecular flexibility index (Phi) is 7.09. The maximum absolute atomic E-state index is 15.1. The Morgan fingerprint density at radius 3 is 2.42 bits per heavy atom. The summed E-state index contributed by atoms with van der Waals surface area (Å²) >= 11 is 0. The first kappa shape index (κ1) is 27.7. The number of anilines is 2. The number of hydrogen-bond donors (Lipinski definition) is 3. The molecule has 3 aromatic rings. The summed E-state index contributed by atoms with van der Waals surface area (Å²) in [5.41, 5.74) is 0.675. The van der Waals surface area contributed by atoms with Gasteiger partial charge in [0.2, 0.25) is 10.0 Å². The lowest BCUT2D eigenvalue weighted by molar-refractivity contribution is 0.0951. The number of fused-ring (bicyclic) bond motifs is 1. The number of rotatable bonds is 8. The van der Waals surface area contributed by atoms with E-state index in [9.17, 15) is 23.1 Å². The number of halogens is 1. The molecule has 1 fully saturated rings. The van der Waals surface area contributed by atoms with Crippen molar-refractivity contribution in [1.82, 2.24) is 14.0 Å². The minimum atomic E-state index is -3.60. The van der Waals surface area contributed by atoms with E-state index < -0.39 is 33.3 Å². The van der Waals surface area contributed by atoms with Crippen molar-refractivity contribution in [2.75, 3.05) is 22.8 Å². The minimum Gasteiger partial charge on any atom is -0.369 e. The molecule has 1 unspecified atom stereocenters. The summed E-state index contributed by atoms with van der Waals surface area (Å²) < 4.78 is 43.8. The second-order valence-corrected chi connectivity index (χ2v) is 11.9. The van der Waals surface area contributed by atoms with E-state index >= 15 is 4.39 Å². The van der Waals surface area contributed by atoms with Crippen molar-refractivity contribution in [2.24, 2.45) is 0 Å². The third-order valence-electron chi connectivity index (χ3n) is 7.23. The largest absolute Gasteiger partial charge is 0.369 e. The molecule has 3 N–H and O–H groups in total. The number of aromatic nitrogens is 2. The summed E-state index contributed by atoms with van der Waals surface area (Å²) in [5.74, 6) is -0.335. The van der Waals surface area contributed by atoms with Crippen molar-refractivity contribution in [3.8, 4) is 5.69 Å². The first-order chi connectivity index (χ1) is 18.9. The van der Waals surface area contributed by atoms with E-state index in [4.69, 9.17) is 0 Å². The van der Waals surface area contributed by atoms with Crippen LogP contribution in [0.1, 0.15) is 45.2 Å². The van der Waals surface area contributed by atoms with Gasteiger partial charge in [0.05, 0.1) is 28.7 Å². The maximum atomic E-state index is 15.1. The zero-order valence-corrected chi connectivity index (χ0v) is 23.5. The van der Waals surface area contributed by atoms with Crippen molar-refractivity contribution >= 4 is 32.8 Å². The van der Waals surface area contributed by atoms with Gasteiger partial charge in [-0.2, -0.15) is 0 Å². The normalized spacial score (nSPS) is 17.1. The second-order valence-electron chi connectivity index (χ2n) is 10.2. The average Bonchev–Trinajstić information content (AvgIpc) is 3.72. The average molecular weight is 570 g/mol. The van der Waals surface area contributed by atoms with Crippen LogP contribution in [-0.4, -0.2) is 46.6 Å². The Morgan fingerprint density at radius 1 is 1.10 bits per heavy atom.